The maximum absolute atomic E-state index is 12.9. The molecule has 1 amide bonds. The standard InChI is InChI=1S/C20H24ClN3O3S/c1-23(2)19(15-8-10-16(21)11-9-15)20(25)22-17-6-5-7-18(14-17)24-12-3-4-13-28(24,26)27/h5-11,14,19H,3-4,12-13H2,1-2H3,(H,22,25). The number of halogens is 1. The third-order valence-electron chi connectivity index (χ3n) is 4.70. The summed E-state index contributed by atoms with van der Waals surface area (Å²) in [6, 6.07) is 13.6. The van der Waals surface area contributed by atoms with Gasteiger partial charge in [0.05, 0.1) is 11.4 Å². The van der Waals surface area contributed by atoms with Crippen LogP contribution in [0.15, 0.2) is 48.5 Å². The number of amides is 1. The summed E-state index contributed by atoms with van der Waals surface area (Å²) in [6.45, 7) is 0.463. The zero-order valence-corrected chi connectivity index (χ0v) is 17.5. The van der Waals surface area contributed by atoms with Crippen LogP contribution in [0.3, 0.4) is 0 Å². The Morgan fingerprint density at radius 1 is 1.14 bits per heavy atom. The van der Waals surface area contributed by atoms with E-state index in [1.165, 1.54) is 4.31 Å². The van der Waals surface area contributed by atoms with Crippen molar-refractivity contribution in [3.05, 3.63) is 59.1 Å². The first-order chi connectivity index (χ1) is 13.3. The molecule has 0 spiro atoms. The van der Waals surface area contributed by atoms with Gasteiger partial charge in [0, 0.05) is 17.3 Å². The Balaban J connectivity index is 1.82. The van der Waals surface area contributed by atoms with Gasteiger partial charge in [-0.3, -0.25) is 14.0 Å². The number of nitrogens with one attached hydrogen (secondary N) is 1. The van der Waals surface area contributed by atoms with Crippen molar-refractivity contribution in [2.24, 2.45) is 0 Å². The lowest BCUT2D eigenvalue weighted by atomic mass is 10.1. The molecule has 0 saturated carbocycles. The topological polar surface area (TPSA) is 69.7 Å². The normalized spacial score (nSPS) is 17.4. The molecule has 1 unspecified atom stereocenters. The van der Waals surface area contributed by atoms with E-state index in [9.17, 15) is 13.2 Å². The third kappa shape index (κ3) is 4.66. The SMILES string of the molecule is CN(C)C(C(=O)Nc1cccc(N2CCCCS2(=O)=O)c1)c1ccc(Cl)cc1. The first kappa shape index (κ1) is 20.6. The summed E-state index contributed by atoms with van der Waals surface area (Å²) >= 11 is 5.95. The number of nitrogens with zero attached hydrogens (tertiary/aromatic N) is 2. The van der Waals surface area contributed by atoms with E-state index in [0.717, 1.165) is 12.0 Å². The van der Waals surface area contributed by atoms with Gasteiger partial charge in [-0.25, -0.2) is 8.42 Å². The van der Waals surface area contributed by atoms with Crippen LogP contribution in [0.2, 0.25) is 5.02 Å². The minimum atomic E-state index is -3.30. The molecular weight excluding hydrogens is 398 g/mol. The number of anilines is 2. The van der Waals surface area contributed by atoms with Crippen LogP contribution in [0.5, 0.6) is 0 Å². The second-order valence-corrected chi connectivity index (χ2v) is 9.50. The predicted molar refractivity (Wildman–Crippen MR) is 113 cm³/mol. The largest absolute Gasteiger partial charge is 0.324 e. The zero-order valence-electron chi connectivity index (χ0n) is 15.9. The Morgan fingerprint density at radius 2 is 1.86 bits per heavy atom. The molecule has 28 heavy (non-hydrogen) atoms. The highest BCUT2D eigenvalue weighted by Crippen LogP contribution is 2.27. The Labute approximate surface area is 171 Å². The van der Waals surface area contributed by atoms with Gasteiger partial charge >= 0.3 is 0 Å². The lowest BCUT2D eigenvalue weighted by Crippen LogP contribution is -2.37. The number of carbonyl (C=O) groups excluding carboxylic acids is 1. The van der Waals surface area contributed by atoms with Crippen LogP contribution >= 0.6 is 11.6 Å². The molecule has 6 nitrogen and oxygen atoms in total. The fourth-order valence-electron chi connectivity index (χ4n) is 3.36. The van der Waals surface area contributed by atoms with E-state index >= 15 is 0 Å². The zero-order chi connectivity index (χ0) is 20.3. The van der Waals surface area contributed by atoms with Crippen molar-refractivity contribution in [2.75, 3.05) is 36.0 Å². The lowest BCUT2D eigenvalue weighted by Gasteiger charge is -2.29. The van der Waals surface area contributed by atoms with Gasteiger partial charge in [0.1, 0.15) is 6.04 Å². The van der Waals surface area contributed by atoms with Gasteiger partial charge in [0.15, 0.2) is 0 Å². The van der Waals surface area contributed by atoms with Gasteiger partial charge in [-0.15, -0.1) is 0 Å². The minimum absolute atomic E-state index is 0.156. The number of benzene rings is 2. The Hall–Kier alpha value is -2.09. The monoisotopic (exact) mass is 421 g/mol. The van der Waals surface area contributed by atoms with Crippen LogP contribution in [-0.2, 0) is 14.8 Å². The van der Waals surface area contributed by atoms with E-state index < -0.39 is 16.1 Å². The summed E-state index contributed by atoms with van der Waals surface area (Å²) in [5, 5.41) is 3.52. The molecule has 1 fully saturated rings. The van der Waals surface area contributed by atoms with Gasteiger partial charge in [0.25, 0.3) is 0 Å². The van der Waals surface area contributed by atoms with E-state index in [1.807, 2.05) is 31.1 Å². The molecule has 1 aliphatic rings. The molecule has 0 radical (unpaired) electrons. The molecule has 8 heteroatoms. The van der Waals surface area contributed by atoms with E-state index in [2.05, 4.69) is 5.32 Å². The Kier molecular flexibility index (Phi) is 6.27. The van der Waals surface area contributed by atoms with Crippen molar-refractivity contribution in [3.63, 3.8) is 0 Å². The van der Waals surface area contributed by atoms with E-state index in [0.29, 0.717) is 29.4 Å². The molecule has 0 bridgehead atoms. The highest BCUT2D eigenvalue weighted by atomic mass is 35.5. The molecule has 1 N–H and O–H groups in total. The van der Waals surface area contributed by atoms with Crippen molar-refractivity contribution in [2.45, 2.75) is 18.9 Å². The highest BCUT2D eigenvalue weighted by molar-refractivity contribution is 7.92. The second-order valence-electron chi connectivity index (χ2n) is 7.05. The lowest BCUT2D eigenvalue weighted by molar-refractivity contribution is -0.120. The van der Waals surface area contributed by atoms with Crippen LogP contribution in [-0.4, -0.2) is 45.6 Å². The maximum atomic E-state index is 12.9. The molecule has 0 aromatic heterocycles. The molecule has 1 aliphatic heterocycles. The van der Waals surface area contributed by atoms with Crippen molar-refractivity contribution in [1.82, 2.24) is 4.90 Å². The fraction of sp³-hybridized carbons (Fsp3) is 0.350. The predicted octanol–water partition coefficient (Wildman–Crippen LogP) is 3.51. The van der Waals surface area contributed by atoms with Gasteiger partial charge in [0.2, 0.25) is 15.9 Å². The van der Waals surface area contributed by atoms with Crippen molar-refractivity contribution in [1.29, 1.82) is 0 Å². The highest BCUT2D eigenvalue weighted by Gasteiger charge is 2.27. The number of likely N-dealkylation sites (N-methyl/N-ethyl adjacent to an activating group) is 1. The number of carbonyl (C=O) groups is 1. The van der Waals surface area contributed by atoms with Gasteiger partial charge in [-0.1, -0.05) is 29.8 Å². The average molecular weight is 422 g/mol. The molecule has 1 heterocycles. The van der Waals surface area contributed by atoms with Crippen molar-refractivity contribution < 1.29 is 13.2 Å². The maximum Gasteiger partial charge on any atom is 0.246 e. The van der Waals surface area contributed by atoms with Crippen LogP contribution in [0.4, 0.5) is 11.4 Å². The molecule has 2 aromatic carbocycles. The summed E-state index contributed by atoms with van der Waals surface area (Å²) in [4.78, 5) is 14.8. The van der Waals surface area contributed by atoms with E-state index in [1.54, 1.807) is 36.4 Å². The summed E-state index contributed by atoms with van der Waals surface area (Å²) in [5.74, 6) is -0.0472. The van der Waals surface area contributed by atoms with Gasteiger partial charge in [-0.05, 0) is 62.8 Å². The Bertz CT molecular complexity index is 945. The summed E-state index contributed by atoms with van der Waals surface area (Å²) in [7, 11) is 0.359. The number of sulfonamides is 1. The smallest absolute Gasteiger partial charge is 0.246 e. The third-order valence-corrected chi connectivity index (χ3v) is 6.82. The average Bonchev–Trinajstić information content (AvgIpc) is 2.63. The summed E-state index contributed by atoms with van der Waals surface area (Å²) in [6.07, 6.45) is 1.51. The van der Waals surface area contributed by atoms with Gasteiger partial charge < -0.3 is 5.32 Å². The first-order valence-corrected chi connectivity index (χ1v) is 11.1. The van der Waals surface area contributed by atoms with Crippen molar-refractivity contribution in [3.8, 4) is 0 Å². The molecule has 1 saturated heterocycles. The second kappa shape index (κ2) is 8.51. The van der Waals surface area contributed by atoms with E-state index in [-0.39, 0.29) is 11.7 Å². The fourth-order valence-corrected chi connectivity index (χ4v) is 5.11. The quantitative estimate of drug-likeness (QED) is 0.802. The van der Waals surface area contributed by atoms with Crippen LogP contribution in [0, 0.1) is 0 Å². The molecule has 150 valence electrons. The minimum Gasteiger partial charge on any atom is -0.324 e. The molecule has 1 atom stereocenters. The van der Waals surface area contributed by atoms with Crippen molar-refractivity contribution >= 4 is 38.9 Å². The molecule has 0 aliphatic carbocycles. The molecule has 3 rings (SSSR count). The van der Waals surface area contributed by atoms with Crippen LogP contribution < -0.4 is 9.62 Å². The van der Waals surface area contributed by atoms with E-state index in [4.69, 9.17) is 11.6 Å². The van der Waals surface area contributed by atoms with Crippen LogP contribution in [0.1, 0.15) is 24.4 Å². The van der Waals surface area contributed by atoms with Crippen LogP contribution in [0.25, 0.3) is 0 Å². The number of hydrogen-bond acceptors (Lipinski definition) is 4. The summed E-state index contributed by atoms with van der Waals surface area (Å²) < 4.78 is 26.1. The number of hydrogen-bond donors (Lipinski definition) is 1. The summed E-state index contributed by atoms with van der Waals surface area (Å²) in [5.41, 5.74) is 1.95. The first-order valence-electron chi connectivity index (χ1n) is 9.11. The Morgan fingerprint density at radius 3 is 2.50 bits per heavy atom. The molecule has 2 aromatic rings. The number of rotatable bonds is 5. The molecular formula is C20H24ClN3O3S. The van der Waals surface area contributed by atoms with Gasteiger partial charge in [-0.2, -0.15) is 0 Å².